The number of esters is 1. The van der Waals surface area contributed by atoms with Crippen molar-refractivity contribution in [3.05, 3.63) is 74.3 Å². The smallest absolute Gasteiger partial charge is 0.313 e. The van der Waals surface area contributed by atoms with E-state index in [-0.39, 0.29) is 35.0 Å². The number of nitrogens with zero attached hydrogens (tertiary/aromatic N) is 3. The number of ether oxygens (including phenoxy) is 1. The van der Waals surface area contributed by atoms with E-state index in [9.17, 15) is 19.7 Å². The van der Waals surface area contributed by atoms with Crippen molar-refractivity contribution in [1.82, 2.24) is 9.55 Å². The van der Waals surface area contributed by atoms with Crippen molar-refractivity contribution in [1.29, 1.82) is 0 Å². The third-order valence-corrected chi connectivity index (χ3v) is 3.93. The van der Waals surface area contributed by atoms with Gasteiger partial charge in [-0.1, -0.05) is 23.7 Å². The number of benzene rings is 2. The van der Waals surface area contributed by atoms with Crippen LogP contribution in [0, 0.1) is 10.1 Å². The topological polar surface area (TPSA) is 104 Å². The molecule has 132 valence electrons. The Morgan fingerprint density at radius 2 is 2.04 bits per heavy atom. The van der Waals surface area contributed by atoms with Gasteiger partial charge in [0.05, 0.1) is 33.6 Å². The molecule has 0 radical (unpaired) electrons. The van der Waals surface area contributed by atoms with Crippen LogP contribution in [0.5, 0.6) is 5.75 Å². The predicted octanol–water partition coefficient (Wildman–Crippen LogP) is 2.95. The maximum Gasteiger partial charge on any atom is 0.313 e. The van der Waals surface area contributed by atoms with E-state index in [0.29, 0.717) is 10.9 Å². The number of aromatic nitrogens is 2. The first-order valence-electron chi connectivity index (χ1n) is 7.54. The number of halogens is 1. The fraction of sp³-hybridized carbons (Fsp3) is 0.118. The molecule has 9 heteroatoms. The molecule has 3 rings (SSSR count). The number of rotatable bonds is 5. The summed E-state index contributed by atoms with van der Waals surface area (Å²) in [7, 11) is 0. The highest BCUT2D eigenvalue weighted by atomic mass is 35.5. The molecule has 0 fully saturated rings. The van der Waals surface area contributed by atoms with Crippen molar-refractivity contribution in [2.75, 3.05) is 0 Å². The lowest BCUT2D eigenvalue weighted by molar-refractivity contribution is -0.384. The monoisotopic (exact) mass is 373 g/mol. The summed E-state index contributed by atoms with van der Waals surface area (Å²) in [5.74, 6) is -0.605. The van der Waals surface area contributed by atoms with E-state index in [4.69, 9.17) is 16.3 Å². The van der Waals surface area contributed by atoms with Gasteiger partial charge in [0.15, 0.2) is 0 Å². The molecule has 26 heavy (non-hydrogen) atoms. The first kappa shape index (κ1) is 17.6. The number of hydrogen-bond acceptors (Lipinski definition) is 6. The Morgan fingerprint density at radius 3 is 2.77 bits per heavy atom. The van der Waals surface area contributed by atoms with Crippen LogP contribution in [0.3, 0.4) is 0 Å². The largest absolute Gasteiger partial charge is 0.425 e. The highest BCUT2D eigenvalue weighted by Crippen LogP contribution is 2.28. The number of para-hydroxylation sites is 1. The second-order valence-corrected chi connectivity index (χ2v) is 5.76. The molecular weight excluding hydrogens is 362 g/mol. The zero-order valence-corrected chi connectivity index (χ0v) is 14.0. The van der Waals surface area contributed by atoms with Crippen LogP contribution in [0.15, 0.2) is 53.6 Å². The molecule has 0 spiro atoms. The highest BCUT2D eigenvalue weighted by Gasteiger charge is 2.14. The number of nitro benzene ring substituents is 1. The van der Waals surface area contributed by atoms with Crippen molar-refractivity contribution >= 4 is 34.2 Å². The van der Waals surface area contributed by atoms with Crippen LogP contribution >= 0.6 is 11.6 Å². The number of fused-ring (bicyclic) bond motifs is 1. The minimum Gasteiger partial charge on any atom is -0.425 e. The van der Waals surface area contributed by atoms with Gasteiger partial charge in [-0.2, -0.15) is 0 Å². The lowest BCUT2D eigenvalue weighted by Crippen LogP contribution is -2.23. The first-order valence-corrected chi connectivity index (χ1v) is 7.92. The van der Waals surface area contributed by atoms with Gasteiger partial charge < -0.3 is 4.74 Å². The number of carbonyl (C=O) groups is 1. The Kier molecular flexibility index (Phi) is 4.94. The SMILES string of the molecule is O=C(CCn1cnc2ccccc2c1=O)Oc1ccc([N+](=O)[O-])cc1Cl. The first-order chi connectivity index (χ1) is 12.5. The summed E-state index contributed by atoms with van der Waals surface area (Å²) >= 11 is 5.88. The fourth-order valence-corrected chi connectivity index (χ4v) is 2.55. The van der Waals surface area contributed by atoms with Gasteiger partial charge in [-0.25, -0.2) is 4.98 Å². The van der Waals surface area contributed by atoms with Crippen LogP contribution < -0.4 is 10.3 Å². The number of nitro groups is 1. The second-order valence-electron chi connectivity index (χ2n) is 5.36. The molecular formula is C17H12ClN3O5. The molecule has 0 aliphatic heterocycles. The van der Waals surface area contributed by atoms with Crippen molar-refractivity contribution in [3.63, 3.8) is 0 Å². The summed E-state index contributed by atoms with van der Waals surface area (Å²) in [4.78, 5) is 38.6. The van der Waals surface area contributed by atoms with E-state index < -0.39 is 10.9 Å². The number of non-ortho nitro benzene ring substituents is 1. The summed E-state index contributed by atoms with van der Waals surface area (Å²) in [6.45, 7) is 0.0834. The second kappa shape index (κ2) is 7.32. The molecule has 1 aromatic heterocycles. The molecule has 0 N–H and O–H groups in total. The van der Waals surface area contributed by atoms with Gasteiger partial charge in [-0.05, 0) is 18.2 Å². The molecule has 3 aromatic rings. The molecule has 0 aliphatic rings. The van der Waals surface area contributed by atoms with Crippen LogP contribution in [0.25, 0.3) is 10.9 Å². The third kappa shape index (κ3) is 3.70. The highest BCUT2D eigenvalue weighted by molar-refractivity contribution is 6.32. The van der Waals surface area contributed by atoms with Crippen molar-refractivity contribution < 1.29 is 14.5 Å². The van der Waals surface area contributed by atoms with Crippen molar-refractivity contribution in [2.24, 2.45) is 0 Å². The van der Waals surface area contributed by atoms with Gasteiger partial charge in [-0.15, -0.1) is 0 Å². The van der Waals surface area contributed by atoms with Gasteiger partial charge in [-0.3, -0.25) is 24.3 Å². The van der Waals surface area contributed by atoms with Crippen molar-refractivity contribution in [2.45, 2.75) is 13.0 Å². The van der Waals surface area contributed by atoms with Crippen molar-refractivity contribution in [3.8, 4) is 5.75 Å². The average molecular weight is 374 g/mol. The molecule has 0 aliphatic carbocycles. The Hall–Kier alpha value is -3.26. The predicted molar refractivity (Wildman–Crippen MR) is 94.4 cm³/mol. The molecule has 0 saturated heterocycles. The van der Waals surface area contributed by atoms with Crippen LogP contribution in [-0.2, 0) is 11.3 Å². The number of hydrogen-bond donors (Lipinski definition) is 0. The van der Waals surface area contributed by atoms with Gasteiger partial charge >= 0.3 is 5.97 Å². The number of carbonyl (C=O) groups excluding carboxylic acids is 1. The lowest BCUT2D eigenvalue weighted by Gasteiger charge is -2.08. The quantitative estimate of drug-likeness (QED) is 0.295. The molecule has 0 unspecified atom stereocenters. The normalized spacial score (nSPS) is 10.7. The van der Waals surface area contributed by atoms with E-state index >= 15 is 0 Å². The fourth-order valence-electron chi connectivity index (χ4n) is 2.34. The average Bonchev–Trinajstić information content (AvgIpc) is 2.63. The molecule has 2 aromatic carbocycles. The van der Waals surface area contributed by atoms with E-state index in [0.717, 1.165) is 6.07 Å². The Labute approximate surface area is 151 Å². The molecule has 0 bridgehead atoms. The van der Waals surface area contributed by atoms with Crippen LogP contribution in [0.1, 0.15) is 6.42 Å². The van der Waals surface area contributed by atoms with E-state index in [1.807, 2.05) is 0 Å². The Morgan fingerprint density at radius 1 is 1.27 bits per heavy atom. The molecule has 8 nitrogen and oxygen atoms in total. The lowest BCUT2D eigenvalue weighted by atomic mass is 10.2. The van der Waals surface area contributed by atoms with Crippen LogP contribution in [0.4, 0.5) is 5.69 Å². The summed E-state index contributed by atoms with van der Waals surface area (Å²) in [6, 6.07) is 10.4. The maximum atomic E-state index is 12.3. The van der Waals surface area contributed by atoms with Gasteiger partial charge in [0, 0.05) is 18.7 Å². The van der Waals surface area contributed by atoms with Gasteiger partial charge in [0.25, 0.3) is 11.2 Å². The minimum atomic E-state index is -0.624. The van der Waals surface area contributed by atoms with Crippen LogP contribution in [0.2, 0.25) is 5.02 Å². The van der Waals surface area contributed by atoms with E-state index in [2.05, 4.69) is 4.98 Å². The zero-order valence-electron chi connectivity index (χ0n) is 13.3. The number of aryl methyl sites for hydroxylation is 1. The van der Waals surface area contributed by atoms with Gasteiger partial charge in [0.2, 0.25) is 0 Å². The Balaban J connectivity index is 1.69. The Bertz CT molecular complexity index is 1060. The van der Waals surface area contributed by atoms with Gasteiger partial charge in [0.1, 0.15) is 5.75 Å². The zero-order chi connectivity index (χ0) is 18.7. The summed E-state index contributed by atoms with van der Waals surface area (Å²) < 4.78 is 6.42. The summed E-state index contributed by atoms with van der Waals surface area (Å²) in [6.07, 6.45) is 1.28. The summed E-state index contributed by atoms with van der Waals surface area (Å²) in [5.41, 5.74) is 0.120. The standard InChI is InChI=1S/C17H12ClN3O5/c18-13-9-11(21(24)25)5-6-15(13)26-16(22)7-8-20-10-19-14-4-2-1-3-12(14)17(20)23/h1-6,9-10H,7-8H2. The van der Waals surface area contributed by atoms with Crippen LogP contribution in [-0.4, -0.2) is 20.4 Å². The third-order valence-electron chi connectivity index (χ3n) is 3.64. The molecule has 0 saturated carbocycles. The maximum absolute atomic E-state index is 12.3. The van der Waals surface area contributed by atoms with E-state index in [1.165, 1.54) is 23.0 Å². The molecule has 0 amide bonds. The van der Waals surface area contributed by atoms with E-state index in [1.54, 1.807) is 24.3 Å². The summed E-state index contributed by atoms with van der Waals surface area (Å²) in [5, 5.41) is 11.1. The molecule has 1 heterocycles. The minimum absolute atomic E-state index is 0.0197. The molecule has 0 atom stereocenters.